The first kappa shape index (κ1) is 11.2. The number of rotatable bonds is 2. The lowest BCUT2D eigenvalue weighted by Gasteiger charge is -2.19. The first-order valence-electron chi connectivity index (χ1n) is 6.04. The van der Waals surface area contributed by atoms with Crippen LogP contribution in [-0.2, 0) is 4.79 Å². The zero-order valence-corrected chi connectivity index (χ0v) is 9.91. The Labute approximate surface area is 104 Å². The third kappa shape index (κ3) is 1.59. The number of carboxylic acids is 1. The van der Waals surface area contributed by atoms with E-state index >= 15 is 0 Å². The fourth-order valence-electron chi connectivity index (χ4n) is 2.75. The minimum absolute atomic E-state index is 0.124. The van der Waals surface area contributed by atoms with Crippen molar-refractivity contribution >= 4 is 17.0 Å². The summed E-state index contributed by atoms with van der Waals surface area (Å²) in [4.78, 5) is 15.5. The summed E-state index contributed by atoms with van der Waals surface area (Å²) in [7, 11) is 0. The summed E-state index contributed by atoms with van der Waals surface area (Å²) in [5, 5.41) is 9.15. The SMILES string of the molecule is NC1(C(=O)O)CCC(n2cnc3ccccc32)C1. The molecule has 1 aromatic carbocycles. The molecule has 18 heavy (non-hydrogen) atoms. The number of hydrogen-bond donors (Lipinski definition) is 2. The largest absolute Gasteiger partial charge is 0.480 e. The van der Waals surface area contributed by atoms with Crippen LogP contribution in [0.15, 0.2) is 30.6 Å². The molecule has 0 amide bonds. The highest BCUT2D eigenvalue weighted by atomic mass is 16.4. The molecule has 5 nitrogen and oxygen atoms in total. The van der Waals surface area contributed by atoms with Crippen molar-refractivity contribution in [3.8, 4) is 0 Å². The van der Waals surface area contributed by atoms with Crippen molar-refractivity contribution in [2.24, 2.45) is 5.73 Å². The van der Waals surface area contributed by atoms with Crippen LogP contribution in [0.5, 0.6) is 0 Å². The van der Waals surface area contributed by atoms with Crippen molar-refractivity contribution in [1.29, 1.82) is 0 Å². The van der Waals surface area contributed by atoms with Gasteiger partial charge in [-0.3, -0.25) is 4.79 Å². The van der Waals surface area contributed by atoms with Crippen LogP contribution in [0, 0.1) is 0 Å². The summed E-state index contributed by atoms with van der Waals surface area (Å²) >= 11 is 0. The molecule has 0 saturated heterocycles. The third-order valence-electron chi connectivity index (χ3n) is 3.82. The van der Waals surface area contributed by atoms with Gasteiger partial charge in [0.05, 0.1) is 17.4 Å². The number of aliphatic carboxylic acids is 1. The Morgan fingerprint density at radius 2 is 2.28 bits per heavy atom. The maximum Gasteiger partial charge on any atom is 0.323 e. The van der Waals surface area contributed by atoms with Gasteiger partial charge in [0.1, 0.15) is 5.54 Å². The molecule has 5 heteroatoms. The highest BCUT2D eigenvalue weighted by Gasteiger charge is 2.42. The van der Waals surface area contributed by atoms with E-state index in [9.17, 15) is 4.79 Å². The second-order valence-corrected chi connectivity index (χ2v) is 5.00. The van der Waals surface area contributed by atoms with Crippen LogP contribution in [0.3, 0.4) is 0 Å². The smallest absolute Gasteiger partial charge is 0.323 e. The molecule has 3 N–H and O–H groups in total. The fraction of sp³-hybridized carbons (Fsp3) is 0.385. The Balaban J connectivity index is 1.95. The van der Waals surface area contributed by atoms with Gasteiger partial charge in [-0.2, -0.15) is 0 Å². The summed E-state index contributed by atoms with van der Waals surface area (Å²) in [6.45, 7) is 0. The Bertz CT molecular complexity index is 607. The van der Waals surface area contributed by atoms with Crippen LogP contribution >= 0.6 is 0 Å². The van der Waals surface area contributed by atoms with Gasteiger partial charge < -0.3 is 15.4 Å². The average molecular weight is 245 g/mol. The van der Waals surface area contributed by atoms with E-state index in [4.69, 9.17) is 10.8 Å². The number of hydrogen-bond acceptors (Lipinski definition) is 3. The molecule has 1 aliphatic rings. The standard InChI is InChI=1S/C13H15N3O2/c14-13(12(17)18)6-5-9(7-13)16-8-15-10-3-1-2-4-11(10)16/h1-4,8-9H,5-7,14H2,(H,17,18). The number of para-hydroxylation sites is 2. The zero-order chi connectivity index (χ0) is 12.8. The quantitative estimate of drug-likeness (QED) is 0.841. The zero-order valence-electron chi connectivity index (χ0n) is 9.91. The molecule has 1 aromatic heterocycles. The molecule has 1 saturated carbocycles. The maximum absolute atomic E-state index is 11.2. The first-order chi connectivity index (χ1) is 8.60. The second-order valence-electron chi connectivity index (χ2n) is 5.00. The Hall–Kier alpha value is -1.88. The van der Waals surface area contributed by atoms with Crippen LogP contribution < -0.4 is 5.73 Å². The van der Waals surface area contributed by atoms with Gasteiger partial charge in [0.15, 0.2) is 0 Å². The van der Waals surface area contributed by atoms with Crippen molar-refractivity contribution in [3.63, 3.8) is 0 Å². The highest BCUT2D eigenvalue weighted by Crippen LogP contribution is 2.37. The third-order valence-corrected chi connectivity index (χ3v) is 3.82. The van der Waals surface area contributed by atoms with Gasteiger partial charge in [0.25, 0.3) is 0 Å². The molecule has 3 rings (SSSR count). The monoisotopic (exact) mass is 245 g/mol. The Morgan fingerprint density at radius 1 is 1.50 bits per heavy atom. The average Bonchev–Trinajstić information content (AvgIpc) is 2.93. The minimum atomic E-state index is -1.09. The number of aromatic nitrogens is 2. The lowest BCUT2D eigenvalue weighted by molar-refractivity contribution is -0.143. The first-order valence-corrected chi connectivity index (χ1v) is 6.04. The number of carboxylic acid groups (broad SMARTS) is 1. The highest BCUT2D eigenvalue weighted by molar-refractivity contribution is 5.79. The molecule has 0 bridgehead atoms. The Morgan fingerprint density at radius 3 is 3.00 bits per heavy atom. The molecule has 0 radical (unpaired) electrons. The van der Waals surface area contributed by atoms with Gasteiger partial charge in [-0.05, 0) is 31.4 Å². The van der Waals surface area contributed by atoms with E-state index in [0.29, 0.717) is 12.8 Å². The van der Waals surface area contributed by atoms with E-state index < -0.39 is 11.5 Å². The second kappa shape index (κ2) is 3.81. The molecule has 94 valence electrons. The molecule has 1 aliphatic carbocycles. The van der Waals surface area contributed by atoms with Crippen LogP contribution in [0.2, 0.25) is 0 Å². The van der Waals surface area contributed by atoms with E-state index in [1.807, 2.05) is 28.8 Å². The summed E-state index contributed by atoms with van der Waals surface area (Å²) < 4.78 is 2.05. The van der Waals surface area contributed by atoms with Crippen LogP contribution in [0.4, 0.5) is 0 Å². The number of nitrogens with zero attached hydrogens (tertiary/aromatic N) is 2. The lowest BCUT2D eigenvalue weighted by atomic mass is 9.99. The van der Waals surface area contributed by atoms with Crippen LogP contribution in [0.25, 0.3) is 11.0 Å². The van der Waals surface area contributed by atoms with Gasteiger partial charge in [-0.25, -0.2) is 4.98 Å². The molecule has 1 fully saturated rings. The summed E-state index contributed by atoms with van der Waals surface area (Å²) in [5.41, 5.74) is 6.79. The summed E-state index contributed by atoms with van der Waals surface area (Å²) in [5.74, 6) is -0.908. The van der Waals surface area contributed by atoms with E-state index in [1.165, 1.54) is 0 Å². The van der Waals surface area contributed by atoms with Gasteiger partial charge in [-0.15, -0.1) is 0 Å². The number of nitrogens with two attached hydrogens (primary N) is 1. The number of imidazole rings is 1. The number of fused-ring (bicyclic) bond motifs is 1. The molecule has 2 aromatic rings. The summed E-state index contributed by atoms with van der Waals surface area (Å²) in [6, 6.07) is 7.98. The predicted molar refractivity (Wildman–Crippen MR) is 67.2 cm³/mol. The van der Waals surface area contributed by atoms with E-state index in [-0.39, 0.29) is 6.04 Å². The van der Waals surface area contributed by atoms with Crippen molar-refractivity contribution in [3.05, 3.63) is 30.6 Å². The molecule has 2 atom stereocenters. The molecule has 2 unspecified atom stereocenters. The van der Waals surface area contributed by atoms with Crippen molar-refractivity contribution in [2.45, 2.75) is 30.8 Å². The fourth-order valence-corrected chi connectivity index (χ4v) is 2.75. The van der Waals surface area contributed by atoms with Gasteiger partial charge in [0, 0.05) is 6.04 Å². The van der Waals surface area contributed by atoms with Gasteiger partial charge >= 0.3 is 5.97 Å². The lowest BCUT2D eigenvalue weighted by Crippen LogP contribution is -2.45. The molecular formula is C13H15N3O2. The molecular weight excluding hydrogens is 230 g/mol. The topological polar surface area (TPSA) is 81.1 Å². The van der Waals surface area contributed by atoms with Crippen LogP contribution in [0.1, 0.15) is 25.3 Å². The number of carbonyl (C=O) groups is 1. The van der Waals surface area contributed by atoms with Gasteiger partial charge in [-0.1, -0.05) is 12.1 Å². The predicted octanol–water partition coefficient (Wildman–Crippen LogP) is 1.54. The normalized spacial score (nSPS) is 27.7. The van der Waals surface area contributed by atoms with Crippen molar-refractivity contribution < 1.29 is 9.90 Å². The molecule has 0 aliphatic heterocycles. The molecule has 1 heterocycles. The van der Waals surface area contributed by atoms with Crippen molar-refractivity contribution in [2.75, 3.05) is 0 Å². The van der Waals surface area contributed by atoms with E-state index in [2.05, 4.69) is 4.98 Å². The Kier molecular flexibility index (Phi) is 2.38. The van der Waals surface area contributed by atoms with Crippen LogP contribution in [-0.4, -0.2) is 26.2 Å². The van der Waals surface area contributed by atoms with E-state index in [0.717, 1.165) is 17.5 Å². The van der Waals surface area contributed by atoms with E-state index in [1.54, 1.807) is 6.33 Å². The minimum Gasteiger partial charge on any atom is -0.480 e. The molecule has 0 spiro atoms. The number of benzene rings is 1. The summed E-state index contributed by atoms with van der Waals surface area (Å²) in [6.07, 6.45) is 3.54. The van der Waals surface area contributed by atoms with Crippen molar-refractivity contribution in [1.82, 2.24) is 9.55 Å². The van der Waals surface area contributed by atoms with Gasteiger partial charge in [0.2, 0.25) is 0 Å². The maximum atomic E-state index is 11.2.